The van der Waals surface area contributed by atoms with Crippen molar-refractivity contribution in [2.75, 3.05) is 6.26 Å². The van der Waals surface area contributed by atoms with Gasteiger partial charge in [-0.1, -0.05) is 45.0 Å². The van der Waals surface area contributed by atoms with Crippen LogP contribution in [0, 0.1) is 0 Å². The van der Waals surface area contributed by atoms with Gasteiger partial charge in [-0.05, 0) is 35.6 Å². The summed E-state index contributed by atoms with van der Waals surface area (Å²) >= 11 is 1.95. The van der Waals surface area contributed by atoms with Crippen LogP contribution in [-0.4, -0.2) is 15.8 Å². The van der Waals surface area contributed by atoms with Crippen LogP contribution in [0.5, 0.6) is 0 Å². The molecule has 0 spiro atoms. The third kappa shape index (κ3) is 4.63. The number of hydrogen-bond donors (Lipinski definition) is 0. The van der Waals surface area contributed by atoms with Crippen LogP contribution in [0.4, 0.5) is 0 Å². The van der Waals surface area contributed by atoms with Gasteiger partial charge in [-0.3, -0.25) is 0 Å². The molecule has 0 radical (unpaired) electrons. The molecule has 0 aliphatic carbocycles. The number of imidazole rings is 1. The Bertz CT molecular complexity index is 523. The van der Waals surface area contributed by atoms with E-state index in [-0.39, 0.29) is 5.41 Å². The fraction of sp³-hybridized carbons (Fsp3) is 0.500. The first-order valence-corrected chi connectivity index (χ1v) is 8.88. The first-order chi connectivity index (χ1) is 10.0. The Hall–Kier alpha value is -1.22. The zero-order valence-corrected chi connectivity index (χ0v) is 14.4. The standard InChI is InChI=1S/C18H26N2S/c1-18(2,3)16-9-7-15(8-10-16)17(21-4)6-5-12-20-13-11-19-14-20/h7-11,13-14,17H,5-6,12H2,1-4H3. The van der Waals surface area contributed by atoms with Crippen molar-refractivity contribution in [3.63, 3.8) is 0 Å². The summed E-state index contributed by atoms with van der Waals surface area (Å²) in [4.78, 5) is 4.09. The monoisotopic (exact) mass is 302 g/mol. The van der Waals surface area contributed by atoms with Gasteiger partial charge in [0, 0.05) is 24.2 Å². The lowest BCUT2D eigenvalue weighted by atomic mass is 9.86. The molecule has 0 saturated carbocycles. The van der Waals surface area contributed by atoms with Gasteiger partial charge in [0.25, 0.3) is 0 Å². The van der Waals surface area contributed by atoms with Crippen molar-refractivity contribution in [1.29, 1.82) is 0 Å². The van der Waals surface area contributed by atoms with Crippen LogP contribution in [0.1, 0.15) is 50.0 Å². The third-order valence-corrected chi connectivity index (χ3v) is 4.95. The zero-order valence-electron chi connectivity index (χ0n) is 13.5. The van der Waals surface area contributed by atoms with Crippen LogP contribution < -0.4 is 0 Å². The summed E-state index contributed by atoms with van der Waals surface area (Å²) in [6.07, 6.45) is 10.4. The molecule has 0 fully saturated rings. The Morgan fingerprint density at radius 2 is 1.90 bits per heavy atom. The van der Waals surface area contributed by atoms with E-state index in [1.807, 2.05) is 30.5 Å². The van der Waals surface area contributed by atoms with E-state index in [9.17, 15) is 0 Å². The van der Waals surface area contributed by atoms with Gasteiger partial charge < -0.3 is 4.57 Å². The molecule has 0 amide bonds. The van der Waals surface area contributed by atoms with Gasteiger partial charge in [0.15, 0.2) is 0 Å². The molecule has 0 bridgehead atoms. The maximum atomic E-state index is 4.09. The Balaban J connectivity index is 1.94. The predicted octanol–water partition coefficient (Wildman–Crippen LogP) is 5.07. The van der Waals surface area contributed by atoms with Crippen molar-refractivity contribution in [2.24, 2.45) is 0 Å². The van der Waals surface area contributed by atoms with Crippen molar-refractivity contribution in [1.82, 2.24) is 9.55 Å². The molecule has 0 aliphatic heterocycles. The van der Waals surface area contributed by atoms with Crippen molar-refractivity contribution < 1.29 is 0 Å². The Morgan fingerprint density at radius 3 is 2.43 bits per heavy atom. The maximum absolute atomic E-state index is 4.09. The Kier molecular flexibility index (Phi) is 5.51. The van der Waals surface area contributed by atoms with Gasteiger partial charge >= 0.3 is 0 Å². The Labute approximate surface area is 133 Å². The molecule has 114 valence electrons. The van der Waals surface area contributed by atoms with Gasteiger partial charge in [-0.2, -0.15) is 11.8 Å². The molecular weight excluding hydrogens is 276 g/mol. The zero-order chi connectivity index (χ0) is 15.3. The molecule has 1 unspecified atom stereocenters. The average Bonchev–Trinajstić information content (AvgIpc) is 2.96. The SMILES string of the molecule is CSC(CCCn1ccnc1)c1ccc(C(C)(C)C)cc1. The maximum Gasteiger partial charge on any atom is 0.0945 e. The van der Waals surface area contributed by atoms with E-state index in [1.54, 1.807) is 0 Å². The second kappa shape index (κ2) is 7.17. The molecule has 0 saturated heterocycles. The average molecular weight is 302 g/mol. The van der Waals surface area contributed by atoms with E-state index in [0.29, 0.717) is 5.25 Å². The minimum Gasteiger partial charge on any atom is -0.337 e. The summed E-state index contributed by atoms with van der Waals surface area (Å²) in [7, 11) is 0. The quantitative estimate of drug-likeness (QED) is 0.742. The predicted molar refractivity (Wildman–Crippen MR) is 92.9 cm³/mol. The molecule has 1 heterocycles. The molecule has 1 aromatic carbocycles. The van der Waals surface area contributed by atoms with Crippen LogP contribution in [0.15, 0.2) is 43.0 Å². The number of hydrogen-bond acceptors (Lipinski definition) is 2. The van der Waals surface area contributed by atoms with E-state index in [1.165, 1.54) is 24.0 Å². The highest BCUT2D eigenvalue weighted by Crippen LogP contribution is 2.33. The van der Waals surface area contributed by atoms with E-state index in [0.717, 1.165) is 6.54 Å². The summed E-state index contributed by atoms with van der Waals surface area (Å²) in [6.45, 7) is 7.84. The second-order valence-electron chi connectivity index (χ2n) is 6.54. The number of nitrogens with zero attached hydrogens (tertiary/aromatic N) is 2. The van der Waals surface area contributed by atoms with Gasteiger partial charge in [0.05, 0.1) is 6.33 Å². The highest BCUT2D eigenvalue weighted by Gasteiger charge is 2.15. The van der Waals surface area contributed by atoms with Crippen molar-refractivity contribution in [2.45, 2.75) is 50.8 Å². The molecular formula is C18H26N2S. The third-order valence-electron chi connectivity index (χ3n) is 3.87. The summed E-state index contributed by atoms with van der Waals surface area (Å²) < 4.78 is 2.15. The van der Waals surface area contributed by atoms with Gasteiger partial charge in [0.1, 0.15) is 0 Å². The largest absolute Gasteiger partial charge is 0.337 e. The lowest BCUT2D eigenvalue weighted by molar-refractivity contribution is 0.588. The normalized spacial score (nSPS) is 13.3. The first kappa shape index (κ1) is 16.2. The lowest BCUT2D eigenvalue weighted by Crippen LogP contribution is -2.11. The molecule has 2 aromatic rings. The fourth-order valence-electron chi connectivity index (χ4n) is 2.50. The molecule has 0 N–H and O–H groups in total. The number of aromatic nitrogens is 2. The molecule has 2 rings (SSSR count). The van der Waals surface area contributed by atoms with Crippen LogP contribution in [0.3, 0.4) is 0 Å². The first-order valence-electron chi connectivity index (χ1n) is 7.59. The summed E-state index contributed by atoms with van der Waals surface area (Å²) in [5, 5.41) is 0.586. The van der Waals surface area contributed by atoms with E-state index in [2.05, 4.69) is 60.8 Å². The fourth-order valence-corrected chi connectivity index (χ4v) is 3.33. The highest BCUT2D eigenvalue weighted by molar-refractivity contribution is 7.98. The second-order valence-corrected chi connectivity index (χ2v) is 7.58. The smallest absolute Gasteiger partial charge is 0.0945 e. The molecule has 0 aliphatic rings. The minimum atomic E-state index is 0.231. The number of thioether (sulfide) groups is 1. The minimum absolute atomic E-state index is 0.231. The topological polar surface area (TPSA) is 17.8 Å². The van der Waals surface area contributed by atoms with Gasteiger partial charge in [-0.15, -0.1) is 0 Å². The number of rotatable bonds is 6. The summed E-state index contributed by atoms with van der Waals surface area (Å²) in [6, 6.07) is 9.18. The molecule has 2 nitrogen and oxygen atoms in total. The van der Waals surface area contributed by atoms with Gasteiger partial charge in [0.2, 0.25) is 0 Å². The lowest BCUT2D eigenvalue weighted by Gasteiger charge is -2.21. The Morgan fingerprint density at radius 1 is 1.19 bits per heavy atom. The van der Waals surface area contributed by atoms with Crippen LogP contribution in [0.25, 0.3) is 0 Å². The summed E-state index contributed by atoms with van der Waals surface area (Å²) in [5.74, 6) is 0. The summed E-state index contributed by atoms with van der Waals surface area (Å²) in [5.41, 5.74) is 3.08. The van der Waals surface area contributed by atoms with Crippen molar-refractivity contribution >= 4 is 11.8 Å². The molecule has 1 atom stereocenters. The molecule has 21 heavy (non-hydrogen) atoms. The van der Waals surface area contributed by atoms with E-state index < -0.39 is 0 Å². The molecule has 3 heteroatoms. The number of aryl methyl sites for hydroxylation is 1. The van der Waals surface area contributed by atoms with E-state index >= 15 is 0 Å². The van der Waals surface area contributed by atoms with Gasteiger partial charge in [-0.25, -0.2) is 4.98 Å². The van der Waals surface area contributed by atoms with Crippen molar-refractivity contribution in [3.05, 3.63) is 54.1 Å². The van der Waals surface area contributed by atoms with Crippen molar-refractivity contribution in [3.8, 4) is 0 Å². The molecule has 1 aromatic heterocycles. The van der Waals surface area contributed by atoms with Crippen LogP contribution >= 0.6 is 11.8 Å². The van der Waals surface area contributed by atoms with Crippen LogP contribution in [-0.2, 0) is 12.0 Å². The number of benzene rings is 1. The van der Waals surface area contributed by atoms with Crippen LogP contribution in [0.2, 0.25) is 0 Å². The highest BCUT2D eigenvalue weighted by atomic mass is 32.2. The van der Waals surface area contributed by atoms with E-state index in [4.69, 9.17) is 0 Å².